The van der Waals surface area contributed by atoms with Crippen LogP contribution in [0.25, 0.3) is 10.9 Å². The Morgan fingerprint density at radius 2 is 1.82 bits per heavy atom. The van der Waals surface area contributed by atoms with Gasteiger partial charge in [0.25, 0.3) is 0 Å². The Bertz CT molecular complexity index is 1200. The number of aryl methyl sites for hydroxylation is 1. The first-order valence-corrected chi connectivity index (χ1v) is 11.3. The van der Waals surface area contributed by atoms with Gasteiger partial charge in [-0.05, 0) is 37.3 Å². The van der Waals surface area contributed by atoms with Crippen LogP contribution in [0.5, 0.6) is 5.75 Å². The average molecular weight is 469 g/mol. The highest BCUT2D eigenvalue weighted by Gasteiger charge is 2.26. The zero-order chi connectivity index (χ0) is 24.2. The molecule has 0 spiro atoms. The van der Waals surface area contributed by atoms with Crippen LogP contribution in [0.4, 0.5) is 15.8 Å². The van der Waals surface area contributed by atoms with Crippen molar-refractivity contribution in [1.29, 1.82) is 0 Å². The van der Waals surface area contributed by atoms with Gasteiger partial charge in [-0.2, -0.15) is 0 Å². The van der Waals surface area contributed by atoms with Crippen LogP contribution in [0.3, 0.4) is 0 Å². The third kappa shape index (κ3) is 4.70. The van der Waals surface area contributed by atoms with Crippen molar-refractivity contribution >= 4 is 34.2 Å². The molecule has 1 aromatic heterocycles. The molecule has 34 heavy (non-hydrogen) atoms. The van der Waals surface area contributed by atoms with E-state index < -0.39 is 5.97 Å². The number of nitrogens with zero attached hydrogens (tertiary/aromatic N) is 3. The minimum Gasteiger partial charge on any atom is -0.497 e. The first kappa shape index (κ1) is 23.6. The van der Waals surface area contributed by atoms with Crippen molar-refractivity contribution in [3.05, 3.63) is 54.0 Å². The fraction of sp³-hybridized carbons (Fsp3) is 0.360. The SMILES string of the molecule is CCOC(=O)c1c(NC(=O)CN2CCN(c3ccccc3F)CC2)c2cc(OC)ccc2n1C. The monoisotopic (exact) mass is 468 g/mol. The number of amides is 1. The standard InChI is InChI=1S/C25H29FN4O4/c1-4-34-25(32)24-23(18-15-17(33-3)9-10-20(18)28(24)2)27-22(31)16-29-11-13-30(14-12-29)21-8-6-5-7-19(21)26/h5-10,15H,4,11-14,16H2,1-3H3,(H,27,31). The Labute approximate surface area is 197 Å². The fourth-order valence-corrected chi connectivity index (χ4v) is 4.35. The summed E-state index contributed by atoms with van der Waals surface area (Å²) in [5, 5.41) is 3.63. The Morgan fingerprint density at radius 3 is 2.50 bits per heavy atom. The van der Waals surface area contributed by atoms with E-state index >= 15 is 0 Å². The van der Waals surface area contributed by atoms with Gasteiger partial charge in [-0.15, -0.1) is 0 Å². The predicted octanol–water partition coefficient (Wildman–Crippen LogP) is 3.26. The summed E-state index contributed by atoms with van der Waals surface area (Å²) in [5.41, 5.74) is 2.04. The van der Waals surface area contributed by atoms with Crippen molar-refractivity contribution in [3.63, 3.8) is 0 Å². The molecule has 3 aromatic rings. The summed E-state index contributed by atoms with van der Waals surface area (Å²) >= 11 is 0. The van der Waals surface area contributed by atoms with Crippen molar-refractivity contribution in [1.82, 2.24) is 9.47 Å². The Morgan fingerprint density at radius 1 is 1.09 bits per heavy atom. The van der Waals surface area contributed by atoms with Gasteiger partial charge in [0.15, 0.2) is 5.69 Å². The number of halogens is 1. The third-order valence-electron chi connectivity index (χ3n) is 6.07. The molecule has 4 rings (SSSR count). The van der Waals surface area contributed by atoms with Crippen molar-refractivity contribution in [3.8, 4) is 5.75 Å². The van der Waals surface area contributed by atoms with Crippen LogP contribution >= 0.6 is 0 Å². The second-order valence-corrected chi connectivity index (χ2v) is 8.15. The summed E-state index contributed by atoms with van der Waals surface area (Å²) in [6.45, 7) is 4.60. The molecule has 0 unspecified atom stereocenters. The lowest BCUT2D eigenvalue weighted by Crippen LogP contribution is -2.49. The number of carbonyl (C=O) groups is 2. The number of hydrogen-bond donors (Lipinski definition) is 1. The van der Waals surface area contributed by atoms with Crippen molar-refractivity contribution in [2.24, 2.45) is 7.05 Å². The number of hydrogen-bond acceptors (Lipinski definition) is 6. The molecule has 8 nitrogen and oxygen atoms in total. The van der Waals surface area contributed by atoms with Crippen LogP contribution < -0.4 is 15.0 Å². The Balaban J connectivity index is 1.50. The summed E-state index contributed by atoms with van der Waals surface area (Å²) in [4.78, 5) is 29.7. The van der Waals surface area contributed by atoms with Crippen LogP contribution in [-0.2, 0) is 16.6 Å². The number of ether oxygens (including phenoxy) is 2. The number of methoxy groups -OCH3 is 1. The largest absolute Gasteiger partial charge is 0.497 e. The van der Waals surface area contributed by atoms with E-state index in [9.17, 15) is 14.0 Å². The van der Waals surface area contributed by atoms with E-state index in [0.29, 0.717) is 48.7 Å². The van der Waals surface area contributed by atoms with Gasteiger partial charge in [-0.1, -0.05) is 12.1 Å². The molecule has 0 bridgehead atoms. The summed E-state index contributed by atoms with van der Waals surface area (Å²) in [5.74, 6) is -0.367. The minimum absolute atomic E-state index is 0.160. The van der Waals surface area contributed by atoms with E-state index in [0.717, 1.165) is 5.52 Å². The number of fused-ring (bicyclic) bond motifs is 1. The summed E-state index contributed by atoms with van der Waals surface area (Å²) in [6.07, 6.45) is 0. The van der Waals surface area contributed by atoms with Crippen LogP contribution in [0.15, 0.2) is 42.5 Å². The topological polar surface area (TPSA) is 76.0 Å². The molecule has 0 radical (unpaired) electrons. The Hall–Kier alpha value is -3.59. The lowest BCUT2D eigenvalue weighted by atomic mass is 10.2. The van der Waals surface area contributed by atoms with Crippen LogP contribution in [0.1, 0.15) is 17.4 Å². The van der Waals surface area contributed by atoms with Crippen molar-refractivity contribution in [2.45, 2.75) is 6.92 Å². The lowest BCUT2D eigenvalue weighted by Gasteiger charge is -2.35. The molecule has 1 aliphatic rings. The fourth-order valence-electron chi connectivity index (χ4n) is 4.35. The van der Waals surface area contributed by atoms with Crippen LogP contribution in [0, 0.1) is 5.82 Å². The van der Waals surface area contributed by atoms with Crippen molar-refractivity contribution in [2.75, 3.05) is 56.7 Å². The molecule has 0 atom stereocenters. The molecule has 1 amide bonds. The molecular formula is C25H29FN4O4. The van der Waals surface area contributed by atoms with Gasteiger partial charge in [-0.3, -0.25) is 9.69 Å². The highest BCUT2D eigenvalue weighted by molar-refractivity contribution is 6.12. The lowest BCUT2D eigenvalue weighted by molar-refractivity contribution is -0.117. The molecule has 9 heteroatoms. The Kier molecular flexibility index (Phi) is 7.02. The highest BCUT2D eigenvalue weighted by atomic mass is 19.1. The predicted molar refractivity (Wildman–Crippen MR) is 129 cm³/mol. The summed E-state index contributed by atoms with van der Waals surface area (Å²) < 4.78 is 26.4. The van der Waals surface area contributed by atoms with Gasteiger partial charge < -0.3 is 24.3 Å². The van der Waals surface area contributed by atoms with Gasteiger partial charge >= 0.3 is 5.97 Å². The van der Waals surface area contributed by atoms with Crippen molar-refractivity contribution < 1.29 is 23.5 Å². The van der Waals surface area contributed by atoms with E-state index in [1.165, 1.54) is 6.07 Å². The number of rotatable bonds is 7. The van der Waals surface area contributed by atoms with E-state index in [1.807, 2.05) is 21.9 Å². The first-order valence-electron chi connectivity index (χ1n) is 11.3. The molecule has 180 valence electrons. The molecule has 1 aliphatic heterocycles. The average Bonchev–Trinajstić information content (AvgIpc) is 3.10. The maximum absolute atomic E-state index is 14.1. The molecule has 2 heterocycles. The van der Waals surface area contributed by atoms with E-state index in [1.54, 1.807) is 49.9 Å². The molecule has 1 saturated heterocycles. The maximum Gasteiger partial charge on any atom is 0.357 e. The number of carbonyl (C=O) groups excluding carboxylic acids is 2. The molecule has 1 N–H and O–H groups in total. The normalized spacial score (nSPS) is 14.3. The van der Waals surface area contributed by atoms with E-state index in [4.69, 9.17) is 9.47 Å². The zero-order valence-electron chi connectivity index (χ0n) is 19.6. The first-order chi connectivity index (χ1) is 16.4. The quantitative estimate of drug-likeness (QED) is 0.537. The summed E-state index contributed by atoms with van der Waals surface area (Å²) in [6, 6.07) is 12.2. The number of nitrogens with one attached hydrogen (secondary N) is 1. The van der Waals surface area contributed by atoms with Gasteiger partial charge in [0.2, 0.25) is 5.91 Å². The zero-order valence-corrected chi connectivity index (χ0v) is 19.6. The number of esters is 1. The van der Waals surface area contributed by atoms with Gasteiger partial charge in [0, 0.05) is 38.6 Å². The minimum atomic E-state index is -0.506. The van der Waals surface area contributed by atoms with Gasteiger partial charge in [0.1, 0.15) is 11.6 Å². The molecule has 2 aromatic carbocycles. The van der Waals surface area contributed by atoms with Gasteiger partial charge in [0.05, 0.1) is 37.2 Å². The van der Waals surface area contributed by atoms with Crippen LogP contribution in [-0.4, -0.2) is 67.8 Å². The number of benzene rings is 2. The third-order valence-corrected chi connectivity index (χ3v) is 6.07. The molecule has 0 saturated carbocycles. The molecule has 0 aliphatic carbocycles. The number of aromatic nitrogens is 1. The number of piperazine rings is 1. The second-order valence-electron chi connectivity index (χ2n) is 8.15. The van der Waals surface area contributed by atoms with Gasteiger partial charge in [-0.25, -0.2) is 9.18 Å². The maximum atomic E-state index is 14.1. The number of anilines is 2. The smallest absolute Gasteiger partial charge is 0.357 e. The van der Waals surface area contributed by atoms with E-state index in [2.05, 4.69) is 5.32 Å². The molecular weight excluding hydrogens is 439 g/mol. The number of para-hydroxylation sites is 1. The van der Waals surface area contributed by atoms with E-state index in [-0.39, 0.29) is 30.6 Å². The highest BCUT2D eigenvalue weighted by Crippen LogP contribution is 2.33. The summed E-state index contributed by atoms with van der Waals surface area (Å²) in [7, 11) is 3.33. The molecule has 1 fully saturated rings. The second kappa shape index (κ2) is 10.1. The van der Waals surface area contributed by atoms with Crippen LogP contribution in [0.2, 0.25) is 0 Å².